The second-order valence-corrected chi connectivity index (χ2v) is 4.96. The van der Waals surface area contributed by atoms with E-state index < -0.39 is 17.6 Å². The molecule has 1 aliphatic rings. The summed E-state index contributed by atoms with van der Waals surface area (Å²) in [4.78, 5) is 12.0. The number of carbonyl (C=O) groups is 1. The molecule has 0 radical (unpaired) electrons. The Balaban J connectivity index is 2.20. The van der Waals surface area contributed by atoms with E-state index >= 15 is 0 Å². The molecule has 0 atom stereocenters. The molecule has 2 rings (SSSR count). The normalized spacial score (nSPS) is 16.8. The molecule has 1 amide bonds. The summed E-state index contributed by atoms with van der Waals surface area (Å²) >= 11 is 0. The van der Waals surface area contributed by atoms with Crippen LogP contribution in [0.3, 0.4) is 0 Å². The van der Waals surface area contributed by atoms with Gasteiger partial charge in [-0.25, -0.2) is 0 Å². The zero-order valence-corrected chi connectivity index (χ0v) is 11.4. The highest BCUT2D eigenvalue weighted by Crippen LogP contribution is 2.36. The standard InChI is InChI=1S/C14H17F3N2O2/c15-14(16,17)11-7-9(8-18)1-2-12(11)19-13(20)10-3-5-21-6-4-10/h1-2,7,10H,3-6,8,18H2,(H,19,20). The molecule has 0 spiro atoms. The highest BCUT2D eigenvalue weighted by atomic mass is 19.4. The summed E-state index contributed by atoms with van der Waals surface area (Å²) < 4.78 is 44.3. The Morgan fingerprint density at radius 1 is 1.33 bits per heavy atom. The van der Waals surface area contributed by atoms with Crippen LogP contribution in [0.25, 0.3) is 0 Å². The van der Waals surface area contributed by atoms with E-state index in [1.807, 2.05) is 0 Å². The molecule has 7 heteroatoms. The fourth-order valence-corrected chi connectivity index (χ4v) is 2.26. The molecular formula is C14H17F3N2O2. The van der Waals surface area contributed by atoms with Gasteiger partial charge in [-0.15, -0.1) is 0 Å². The molecule has 1 fully saturated rings. The van der Waals surface area contributed by atoms with Gasteiger partial charge in [-0.05, 0) is 30.5 Å². The first-order valence-electron chi connectivity index (χ1n) is 6.70. The smallest absolute Gasteiger partial charge is 0.381 e. The maximum absolute atomic E-state index is 13.0. The van der Waals surface area contributed by atoms with Crippen molar-refractivity contribution in [2.75, 3.05) is 18.5 Å². The van der Waals surface area contributed by atoms with E-state index in [1.54, 1.807) is 0 Å². The lowest BCUT2D eigenvalue weighted by atomic mass is 9.99. The number of nitrogens with one attached hydrogen (secondary N) is 1. The maximum Gasteiger partial charge on any atom is 0.418 e. The molecule has 116 valence electrons. The van der Waals surface area contributed by atoms with E-state index in [0.717, 1.165) is 6.07 Å². The third-order valence-electron chi connectivity index (χ3n) is 3.48. The summed E-state index contributed by atoms with van der Waals surface area (Å²) in [5, 5.41) is 2.38. The van der Waals surface area contributed by atoms with Crippen LogP contribution in [0.1, 0.15) is 24.0 Å². The molecule has 0 aliphatic carbocycles. The lowest BCUT2D eigenvalue weighted by Gasteiger charge is -2.22. The van der Waals surface area contributed by atoms with Gasteiger partial charge in [0.25, 0.3) is 0 Å². The van der Waals surface area contributed by atoms with Gasteiger partial charge in [0, 0.05) is 25.7 Å². The average molecular weight is 302 g/mol. The molecule has 0 saturated carbocycles. The van der Waals surface area contributed by atoms with Crippen LogP contribution >= 0.6 is 0 Å². The van der Waals surface area contributed by atoms with Crippen molar-refractivity contribution >= 4 is 11.6 Å². The number of hydrogen-bond acceptors (Lipinski definition) is 3. The van der Waals surface area contributed by atoms with E-state index in [-0.39, 0.29) is 18.2 Å². The topological polar surface area (TPSA) is 64.3 Å². The van der Waals surface area contributed by atoms with Crippen LogP contribution in [0.5, 0.6) is 0 Å². The van der Waals surface area contributed by atoms with Gasteiger partial charge < -0.3 is 15.8 Å². The van der Waals surface area contributed by atoms with Gasteiger partial charge in [0.1, 0.15) is 0 Å². The fraction of sp³-hybridized carbons (Fsp3) is 0.500. The fourth-order valence-electron chi connectivity index (χ4n) is 2.26. The molecule has 0 bridgehead atoms. The molecule has 0 aromatic heterocycles. The highest BCUT2D eigenvalue weighted by Gasteiger charge is 2.34. The van der Waals surface area contributed by atoms with Crippen molar-refractivity contribution in [3.63, 3.8) is 0 Å². The number of halogens is 3. The Bertz CT molecular complexity index is 511. The van der Waals surface area contributed by atoms with E-state index in [4.69, 9.17) is 10.5 Å². The molecule has 4 nitrogen and oxygen atoms in total. The van der Waals surface area contributed by atoms with Gasteiger partial charge >= 0.3 is 6.18 Å². The van der Waals surface area contributed by atoms with Crippen LogP contribution in [-0.2, 0) is 22.3 Å². The quantitative estimate of drug-likeness (QED) is 0.902. The number of amides is 1. The first-order chi connectivity index (χ1) is 9.91. The van der Waals surface area contributed by atoms with Crippen LogP contribution in [-0.4, -0.2) is 19.1 Å². The summed E-state index contributed by atoms with van der Waals surface area (Å²) in [5.41, 5.74) is 4.63. The van der Waals surface area contributed by atoms with E-state index in [2.05, 4.69) is 5.32 Å². The Morgan fingerprint density at radius 3 is 2.57 bits per heavy atom. The van der Waals surface area contributed by atoms with Gasteiger partial charge in [0.05, 0.1) is 11.3 Å². The summed E-state index contributed by atoms with van der Waals surface area (Å²) in [7, 11) is 0. The lowest BCUT2D eigenvalue weighted by Crippen LogP contribution is -2.29. The third-order valence-corrected chi connectivity index (χ3v) is 3.48. The van der Waals surface area contributed by atoms with Gasteiger partial charge in [0.2, 0.25) is 5.91 Å². The van der Waals surface area contributed by atoms with E-state index in [1.165, 1.54) is 12.1 Å². The van der Waals surface area contributed by atoms with Crippen molar-refractivity contribution in [3.8, 4) is 0 Å². The van der Waals surface area contributed by atoms with Gasteiger partial charge in [-0.3, -0.25) is 4.79 Å². The molecule has 1 aromatic carbocycles. The van der Waals surface area contributed by atoms with Crippen LogP contribution < -0.4 is 11.1 Å². The molecular weight excluding hydrogens is 285 g/mol. The zero-order chi connectivity index (χ0) is 15.5. The zero-order valence-electron chi connectivity index (χ0n) is 11.4. The predicted molar refractivity (Wildman–Crippen MR) is 71.5 cm³/mol. The van der Waals surface area contributed by atoms with Crippen molar-refractivity contribution in [3.05, 3.63) is 29.3 Å². The SMILES string of the molecule is NCc1ccc(NC(=O)C2CCOCC2)c(C(F)(F)F)c1. The summed E-state index contributed by atoms with van der Waals surface area (Å²) in [6.07, 6.45) is -3.49. The van der Waals surface area contributed by atoms with Crippen LogP contribution in [0, 0.1) is 5.92 Å². The monoisotopic (exact) mass is 302 g/mol. The van der Waals surface area contributed by atoms with Gasteiger partial charge in [-0.2, -0.15) is 13.2 Å². The summed E-state index contributed by atoms with van der Waals surface area (Å²) in [6, 6.07) is 3.71. The maximum atomic E-state index is 13.0. The van der Waals surface area contributed by atoms with Gasteiger partial charge in [0.15, 0.2) is 0 Å². The van der Waals surface area contributed by atoms with Crippen molar-refractivity contribution in [1.82, 2.24) is 0 Å². The second-order valence-electron chi connectivity index (χ2n) is 4.96. The third kappa shape index (κ3) is 3.95. The van der Waals surface area contributed by atoms with E-state index in [0.29, 0.717) is 31.6 Å². The number of benzene rings is 1. The van der Waals surface area contributed by atoms with Crippen molar-refractivity contribution in [1.29, 1.82) is 0 Å². The lowest BCUT2D eigenvalue weighted by molar-refractivity contribution is -0.137. The molecule has 1 aromatic rings. The Labute approximate surface area is 120 Å². The minimum Gasteiger partial charge on any atom is -0.381 e. The van der Waals surface area contributed by atoms with Crippen LogP contribution in [0.15, 0.2) is 18.2 Å². The first-order valence-corrected chi connectivity index (χ1v) is 6.70. The summed E-state index contributed by atoms with van der Waals surface area (Å²) in [5.74, 6) is -0.710. The Morgan fingerprint density at radius 2 is 2.00 bits per heavy atom. The molecule has 1 aliphatic heterocycles. The summed E-state index contributed by atoms with van der Waals surface area (Å²) in [6.45, 7) is 0.921. The average Bonchev–Trinajstić information content (AvgIpc) is 2.47. The number of hydrogen-bond donors (Lipinski definition) is 2. The van der Waals surface area contributed by atoms with Crippen molar-refractivity contribution in [2.45, 2.75) is 25.6 Å². The molecule has 0 unspecified atom stereocenters. The van der Waals surface area contributed by atoms with Crippen LogP contribution in [0.4, 0.5) is 18.9 Å². The van der Waals surface area contributed by atoms with Crippen molar-refractivity contribution in [2.24, 2.45) is 11.7 Å². The molecule has 3 N–H and O–H groups in total. The van der Waals surface area contributed by atoms with Crippen molar-refractivity contribution < 1.29 is 22.7 Å². The number of rotatable bonds is 3. The minimum atomic E-state index is -4.54. The van der Waals surface area contributed by atoms with Gasteiger partial charge in [-0.1, -0.05) is 6.07 Å². The largest absolute Gasteiger partial charge is 0.418 e. The molecule has 1 heterocycles. The van der Waals surface area contributed by atoms with Crippen LogP contribution in [0.2, 0.25) is 0 Å². The minimum absolute atomic E-state index is 0.0112. The first kappa shape index (κ1) is 15.8. The predicted octanol–water partition coefficient (Wildman–Crippen LogP) is 2.53. The number of carbonyl (C=O) groups excluding carboxylic acids is 1. The number of alkyl halides is 3. The molecule has 1 saturated heterocycles. The number of ether oxygens (including phenoxy) is 1. The van der Waals surface area contributed by atoms with E-state index in [9.17, 15) is 18.0 Å². The Hall–Kier alpha value is -1.60. The molecule has 21 heavy (non-hydrogen) atoms. The number of nitrogens with two attached hydrogens (primary N) is 1. The number of anilines is 1. The highest BCUT2D eigenvalue weighted by molar-refractivity contribution is 5.93. The second kappa shape index (κ2) is 6.44. The Kier molecular flexibility index (Phi) is 4.84.